The highest BCUT2D eigenvalue weighted by Gasteiger charge is 2.20. The van der Waals surface area contributed by atoms with E-state index in [0.717, 1.165) is 12.7 Å². The first-order valence-corrected chi connectivity index (χ1v) is 9.05. The first-order valence-electron chi connectivity index (χ1n) is 7.29. The van der Waals surface area contributed by atoms with Gasteiger partial charge in [0.15, 0.2) is 0 Å². The third kappa shape index (κ3) is 12.4. The zero-order chi connectivity index (χ0) is 13.1. The lowest BCUT2D eigenvalue weighted by molar-refractivity contribution is 0.0837. The molecule has 0 rings (SSSR count). The lowest BCUT2D eigenvalue weighted by atomic mass is 10.1. The van der Waals surface area contributed by atoms with E-state index in [-0.39, 0.29) is 5.60 Å². The lowest BCUT2D eigenvalue weighted by Gasteiger charge is -2.26. The van der Waals surface area contributed by atoms with Crippen molar-refractivity contribution >= 4 is 9.28 Å². The topological polar surface area (TPSA) is 18.5 Å². The van der Waals surface area contributed by atoms with Crippen LogP contribution in [0.1, 0.15) is 73.1 Å². The maximum Gasteiger partial charge on any atom is 0.321 e. The molecule has 0 fully saturated rings. The molecule has 0 aliphatic heterocycles. The van der Waals surface area contributed by atoms with E-state index in [9.17, 15) is 0 Å². The van der Waals surface area contributed by atoms with Gasteiger partial charge in [0.05, 0.1) is 0 Å². The van der Waals surface area contributed by atoms with E-state index in [1.54, 1.807) is 0 Å². The molecule has 0 aliphatic rings. The summed E-state index contributed by atoms with van der Waals surface area (Å²) < 4.78 is 11.8. The summed E-state index contributed by atoms with van der Waals surface area (Å²) in [6.07, 6.45) is 8.07. The summed E-state index contributed by atoms with van der Waals surface area (Å²) >= 11 is 0. The second-order valence-electron chi connectivity index (χ2n) is 5.67. The minimum atomic E-state index is -1.42. The van der Waals surface area contributed by atoms with Gasteiger partial charge >= 0.3 is 9.28 Å². The van der Waals surface area contributed by atoms with Gasteiger partial charge in [0.2, 0.25) is 0 Å². The molecule has 2 nitrogen and oxygen atoms in total. The number of hydrogen-bond acceptors (Lipinski definition) is 2. The van der Waals surface area contributed by atoms with Crippen molar-refractivity contribution < 1.29 is 8.85 Å². The summed E-state index contributed by atoms with van der Waals surface area (Å²) in [6.45, 7) is 11.5. The molecule has 3 heteroatoms. The molecule has 1 atom stereocenters. The van der Waals surface area contributed by atoms with Gasteiger partial charge in [0.1, 0.15) is 0 Å². The van der Waals surface area contributed by atoms with Gasteiger partial charge in [-0.25, -0.2) is 0 Å². The summed E-state index contributed by atoms with van der Waals surface area (Å²) in [5, 5.41) is 0. The van der Waals surface area contributed by atoms with Crippen LogP contribution >= 0.6 is 0 Å². The first-order chi connectivity index (χ1) is 7.99. The van der Waals surface area contributed by atoms with Crippen LogP contribution in [0.25, 0.3) is 0 Å². The maximum absolute atomic E-state index is 6.02. The minimum Gasteiger partial charge on any atom is -0.397 e. The molecule has 0 aromatic heterocycles. The van der Waals surface area contributed by atoms with Gasteiger partial charge in [-0.2, -0.15) is 0 Å². The van der Waals surface area contributed by atoms with Crippen molar-refractivity contribution in [2.45, 2.75) is 84.8 Å². The van der Waals surface area contributed by atoms with Crippen LogP contribution in [-0.4, -0.2) is 21.5 Å². The molecule has 17 heavy (non-hydrogen) atoms. The van der Waals surface area contributed by atoms with E-state index < -0.39 is 9.28 Å². The lowest BCUT2D eigenvalue weighted by Crippen LogP contribution is -2.33. The zero-order valence-electron chi connectivity index (χ0n) is 12.6. The van der Waals surface area contributed by atoms with Crippen LogP contribution in [0.15, 0.2) is 0 Å². The van der Waals surface area contributed by atoms with Crippen LogP contribution in [-0.2, 0) is 8.85 Å². The normalized spacial score (nSPS) is 13.9. The fraction of sp³-hybridized carbons (Fsp3) is 1.00. The molecule has 0 N–H and O–H groups in total. The number of unbranched alkanes of at least 4 members (excludes halogenated alkanes) is 5. The second-order valence-corrected chi connectivity index (χ2v) is 7.68. The molecular weight excluding hydrogens is 228 g/mol. The summed E-state index contributed by atoms with van der Waals surface area (Å²) in [5.41, 5.74) is -0.0474. The van der Waals surface area contributed by atoms with Gasteiger partial charge in [0, 0.05) is 12.2 Å². The van der Waals surface area contributed by atoms with Gasteiger partial charge < -0.3 is 8.85 Å². The molecule has 1 unspecified atom stereocenters. The summed E-state index contributed by atoms with van der Waals surface area (Å²) in [6, 6.07) is 1.16. The Morgan fingerprint density at radius 1 is 0.882 bits per heavy atom. The Kier molecular flexibility index (Phi) is 10.2. The summed E-state index contributed by atoms with van der Waals surface area (Å²) in [7, 11) is -1.42. The summed E-state index contributed by atoms with van der Waals surface area (Å²) in [5.74, 6) is 0. The Balaban J connectivity index is 3.63. The average molecular weight is 260 g/mol. The van der Waals surface area contributed by atoms with Crippen molar-refractivity contribution in [3.8, 4) is 0 Å². The fourth-order valence-corrected chi connectivity index (χ4v) is 3.98. The van der Waals surface area contributed by atoms with Crippen LogP contribution in [0.2, 0.25) is 6.04 Å². The van der Waals surface area contributed by atoms with Crippen LogP contribution in [0.3, 0.4) is 0 Å². The molecule has 0 aromatic rings. The van der Waals surface area contributed by atoms with Crippen molar-refractivity contribution in [3.05, 3.63) is 0 Å². The predicted molar refractivity (Wildman–Crippen MR) is 77.8 cm³/mol. The van der Waals surface area contributed by atoms with Gasteiger partial charge in [-0.3, -0.25) is 0 Å². The van der Waals surface area contributed by atoms with Gasteiger partial charge in [-0.1, -0.05) is 45.4 Å². The Labute approximate surface area is 110 Å². The monoisotopic (exact) mass is 260 g/mol. The average Bonchev–Trinajstić information content (AvgIpc) is 2.21. The molecule has 0 aromatic carbocycles. The molecule has 104 valence electrons. The number of rotatable bonds is 10. The zero-order valence-corrected chi connectivity index (χ0v) is 13.7. The van der Waals surface area contributed by atoms with E-state index in [1.165, 1.54) is 38.5 Å². The second kappa shape index (κ2) is 10.1. The maximum atomic E-state index is 6.02. The Morgan fingerprint density at radius 3 is 2.00 bits per heavy atom. The summed E-state index contributed by atoms with van der Waals surface area (Å²) in [4.78, 5) is 0. The highest BCUT2D eigenvalue weighted by atomic mass is 28.3. The Morgan fingerprint density at radius 2 is 1.47 bits per heavy atom. The third-order valence-corrected chi connectivity index (χ3v) is 5.19. The van der Waals surface area contributed by atoms with Gasteiger partial charge in [-0.15, -0.1) is 0 Å². The highest BCUT2D eigenvalue weighted by molar-refractivity contribution is 6.44. The fourth-order valence-electron chi connectivity index (χ4n) is 1.85. The van der Waals surface area contributed by atoms with E-state index in [0.29, 0.717) is 0 Å². The van der Waals surface area contributed by atoms with Crippen LogP contribution in [0.5, 0.6) is 0 Å². The van der Waals surface area contributed by atoms with Crippen LogP contribution in [0.4, 0.5) is 0 Å². The van der Waals surface area contributed by atoms with Crippen molar-refractivity contribution in [2.75, 3.05) is 6.61 Å². The van der Waals surface area contributed by atoms with E-state index in [1.807, 2.05) is 0 Å². The first kappa shape index (κ1) is 17.1. The molecule has 0 radical (unpaired) electrons. The van der Waals surface area contributed by atoms with Crippen molar-refractivity contribution in [2.24, 2.45) is 0 Å². The molecule has 0 bridgehead atoms. The van der Waals surface area contributed by atoms with Gasteiger partial charge in [-0.05, 0) is 33.7 Å². The van der Waals surface area contributed by atoms with E-state index >= 15 is 0 Å². The van der Waals surface area contributed by atoms with Crippen molar-refractivity contribution in [3.63, 3.8) is 0 Å². The Hall–Kier alpha value is 0.137. The molecule has 0 amide bonds. The minimum absolute atomic E-state index is 0.0474. The van der Waals surface area contributed by atoms with Crippen molar-refractivity contribution in [1.82, 2.24) is 0 Å². The quantitative estimate of drug-likeness (QED) is 0.427. The largest absolute Gasteiger partial charge is 0.397 e. The highest BCUT2D eigenvalue weighted by Crippen LogP contribution is 2.15. The Bertz CT molecular complexity index is 166. The SMILES string of the molecule is CCCCCCCC[SiH](OCC)OC(C)(C)C. The van der Waals surface area contributed by atoms with Crippen LogP contribution in [0, 0.1) is 0 Å². The molecular formula is C14H32O2Si. The molecule has 0 aliphatic carbocycles. The smallest absolute Gasteiger partial charge is 0.321 e. The molecule has 0 saturated heterocycles. The van der Waals surface area contributed by atoms with Gasteiger partial charge in [0.25, 0.3) is 0 Å². The molecule has 0 heterocycles. The standard InChI is InChI=1S/C14H32O2Si/c1-6-8-9-10-11-12-13-17(15-7-2)16-14(3,4)5/h17H,6-13H2,1-5H3. The third-order valence-electron chi connectivity index (χ3n) is 2.63. The predicted octanol–water partition coefficient (Wildman–Crippen LogP) is 4.42. The van der Waals surface area contributed by atoms with Crippen LogP contribution < -0.4 is 0 Å². The molecule has 0 spiro atoms. The van der Waals surface area contributed by atoms with E-state index in [4.69, 9.17) is 8.85 Å². The van der Waals surface area contributed by atoms with Crippen molar-refractivity contribution in [1.29, 1.82) is 0 Å². The number of hydrogen-bond donors (Lipinski definition) is 0. The molecule has 0 saturated carbocycles. The van der Waals surface area contributed by atoms with E-state index in [2.05, 4.69) is 34.6 Å².